The van der Waals surface area contributed by atoms with Gasteiger partial charge in [-0.1, -0.05) is 17.3 Å². The second-order valence-electron chi connectivity index (χ2n) is 5.92. The Bertz CT molecular complexity index is 816. The molecule has 0 radical (unpaired) electrons. The summed E-state index contributed by atoms with van der Waals surface area (Å²) in [5.41, 5.74) is 0.761. The molecule has 1 unspecified atom stereocenters. The molecule has 3 amide bonds. The van der Waals surface area contributed by atoms with Crippen LogP contribution < -0.4 is 5.32 Å². The third-order valence-corrected chi connectivity index (χ3v) is 3.93. The number of anilines is 1. The van der Waals surface area contributed by atoms with Crippen LogP contribution in [0, 0.1) is 18.7 Å². The predicted molar refractivity (Wildman–Crippen MR) is 84.8 cm³/mol. The van der Waals surface area contributed by atoms with Crippen LogP contribution in [0.3, 0.4) is 0 Å². The molecule has 2 heterocycles. The molecule has 0 aliphatic carbocycles. The van der Waals surface area contributed by atoms with Gasteiger partial charge in [0.2, 0.25) is 17.7 Å². The molecule has 8 heteroatoms. The number of rotatable bonds is 5. The number of hydrogen-bond acceptors (Lipinski definition) is 5. The monoisotopic (exact) mass is 345 g/mol. The van der Waals surface area contributed by atoms with Crippen molar-refractivity contribution >= 4 is 23.5 Å². The Morgan fingerprint density at radius 2 is 2.08 bits per heavy atom. The van der Waals surface area contributed by atoms with E-state index in [4.69, 9.17) is 4.52 Å². The lowest BCUT2D eigenvalue weighted by Crippen LogP contribution is -2.38. The molecule has 1 aromatic heterocycles. The van der Waals surface area contributed by atoms with Crippen LogP contribution in [0.1, 0.15) is 17.7 Å². The van der Waals surface area contributed by atoms with Gasteiger partial charge in [0.1, 0.15) is 18.1 Å². The highest BCUT2D eigenvalue weighted by Gasteiger charge is 2.39. The highest BCUT2D eigenvalue weighted by atomic mass is 19.1. The number of benzene rings is 1. The molecule has 2 aromatic rings. The second kappa shape index (κ2) is 6.84. The van der Waals surface area contributed by atoms with Gasteiger partial charge in [-0.25, -0.2) is 4.39 Å². The first-order valence-electron chi connectivity index (χ1n) is 7.74. The van der Waals surface area contributed by atoms with E-state index in [-0.39, 0.29) is 24.6 Å². The smallest absolute Gasteiger partial charge is 0.245 e. The first-order valence-corrected chi connectivity index (χ1v) is 7.74. The van der Waals surface area contributed by atoms with E-state index in [1.807, 2.05) is 0 Å². The molecule has 1 aliphatic rings. The van der Waals surface area contributed by atoms with E-state index >= 15 is 0 Å². The zero-order chi connectivity index (χ0) is 18.0. The Morgan fingerprint density at radius 3 is 2.72 bits per heavy atom. The van der Waals surface area contributed by atoms with Gasteiger partial charge in [-0.2, -0.15) is 0 Å². The number of nitrogens with one attached hydrogen (secondary N) is 1. The molecule has 0 bridgehead atoms. The van der Waals surface area contributed by atoms with E-state index in [2.05, 4.69) is 10.5 Å². The summed E-state index contributed by atoms with van der Waals surface area (Å²) in [5.74, 6) is -1.48. The standard InChI is InChI=1S/C17H16FN3O4/c1-10-6-14(20-25-10)19-15(22)9-21-16(23)8-12(17(21)24)7-11-2-4-13(18)5-3-11/h2-6,12H,7-9H2,1H3,(H,19,20,22). The summed E-state index contributed by atoms with van der Waals surface area (Å²) in [6.07, 6.45) is 0.359. The molecule has 1 aromatic carbocycles. The Balaban J connectivity index is 1.60. The lowest BCUT2D eigenvalue weighted by molar-refractivity contribution is -0.142. The molecule has 7 nitrogen and oxygen atoms in total. The van der Waals surface area contributed by atoms with Gasteiger partial charge < -0.3 is 9.84 Å². The van der Waals surface area contributed by atoms with Crippen LogP contribution in [0.5, 0.6) is 0 Å². The molecule has 130 valence electrons. The number of carbonyl (C=O) groups excluding carboxylic acids is 3. The van der Waals surface area contributed by atoms with Gasteiger partial charge in [-0.3, -0.25) is 19.3 Å². The van der Waals surface area contributed by atoms with Crippen LogP contribution in [-0.2, 0) is 20.8 Å². The van der Waals surface area contributed by atoms with Gasteiger partial charge >= 0.3 is 0 Å². The number of nitrogens with zero attached hydrogens (tertiary/aromatic N) is 2. The molecule has 0 spiro atoms. The molecule has 25 heavy (non-hydrogen) atoms. The van der Waals surface area contributed by atoms with Gasteiger partial charge in [0.15, 0.2) is 5.82 Å². The fourth-order valence-corrected chi connectivity index (χ4v) is 2.73. The Kier molecular flexibility index (Phi) is 4.60. The highest BCUT2D eigenvalue weighted by Crippen LogP contribution is 2.23. The summed E-state index contributed by atoms with van der Waals surface area (Å²) in [4.78, 5) is 37.4. The Morgan fingerprint density at radius 1 is 1.36 bits per heavy atom. The topological polar surface area (TPSA) is 92.5 Å². The number of aryl methyl sites for hydroxylation is 1. The normalized spacial score (nSPS) is 17.2. The SMILES string of the molecule is Cc1cc(NC(=O)CN2C(=O)CC(Cc3ccc(F)cc3)C2=O)no1. The summed E-state index contributed by atoms with van der Waals surface area (Å²) in [6, 6.07) is 7.30. The third kappa shape index (κ3) is 3.90. The van der Waals surface area contributed by atoms with E-state index in [9.17, 15) is 18.8 Å². The number of aromatic nitrogens is 1. The number of hydrogen-bond donors (Lipinski definition) is 1. The van der Waals surface area contributed by atoms with E-state index in [1.54, 1.807) is 19.1 Å². The summed E-state index contributed by atoms with van der Waals surface area (Å²) in [5, 5.41) is 6.09. The molecule has 0 saturated carbocycles. The van der Waals surface area contributed by atoms with Crippen LogP contribution in [0.15, 0.2) is 34.9 Å². The quantitative estimate of drug-likeness (QED) is 0.832. The maximum atomic E-state index is 12.9. The summed E-state index contributed by atoms with van der Waals surface area (Å²) >= 11 is 0. The highest BCUT2D eigenvalue weighted by molar-refractivity contribution is 6.07. The van der Waals surface area contributed by atoms with Crippen molar-refractivity contribution in [3.8, 4) is 0 Å². The molecular weight excluding hydrogens is 329 g/mol. The molecule has 1 aliphatic heterocycles. The van der Waals surface area contributed by atoms with E-state index in [0.29, 0.717) is 12.2 Å². The van der Waals surface area contributed by atoms with Gasteiger partial charge in [-0.05, 0) is 31.0 Å². The summed E-state index contributed by atoms with van der Waals surface area (Å²) in [6.45, 7) is 1.31. The first kappa shape index (κ1) is 16.8. The summed E-state index contributed by atoms with van der Waals surface area (Å²) < 4.78 is 17.8. The molecular formula is C17H16FN3O4. The first-order chi connectivity index (χ1) is 11.9. The van der Waals surface area contributed by atoms with Crippen molar-refractivity contribution in [3.63, 3.8) is 0 Å². The van der Waals surface area contributed by atoms with Gasteiger partial charge in [0, 0.05) is 12.5 Å². The van der Waals surface area contributed by atoms with Crippen LogP contribution >= 0.6 is 0 Å². The largest absolute Gasteiger partial charge is 0.360 e. The molecule has 1 atom stereocenters. The molecule has 1 fully saturated rings. The maximum absolute atomic E-state index is 12.9. The van der Waals surface area contributed by atoms with Crippen molar-refractivity contribution in [2.45, 2.75) is 19.8 Å². The number of halogens is 1. The minimum Gasteiger partial charge on any atom is -0.360 e. The van der Waals surface area contributed by atoms with E-state index < -0.39 is 23.6 Å². The average Bonchev–Trinajstić information content (AvgIpc) is 3.08. The predicted octanol–water partition coefficient (Wildman–Crippen LogP) is 1.68. The minimum absolute atomic E-state index is 0.0343. The number of carbonyl (C=O) groups is 3. The zero-order valence-electron chi connectivity index (χ0n) is 13.5. The molecule has 1 N–H and O–H groups in total. The van der Waals surface area contributed by atoms with Crippen molar-refractivity contribution in [2.75, 3.05) is 11.9 Å². The van der Waals surface area contributed by atoms with Crippen LogP contribution in [0.25, 0.3) is 0 Å². The zero-order valence-corrected chi connectivity index (χ0v) is 13.5. The number of imide groups is 1. The van der Waals surface area contributed by atoms with Crippen molar-refractivity contribution in [1.29, 1.82) is 0 Å². The lowest BCUT2D eigenvalue weighted by Gasteiger charge is -2.14. The van der Waals surface area contributed by atoms with Crippen molar-refractivity contribution in [3.05, 3.63) is 47.5 Å². The minimum atomic E-state index is -0.542. The van der Waals surface area contributed by atoms with Crippen molar-refractivity contribution in [2.24, 2.45) is 5.92 Å². The summed E-state index contributed by atoms with van der Waals surface area (Å²) in [7, 11) is 0. The van der Waals surface area contributed by atoms with Crippen LogP contribution in [0.4, 0.5) is 10.2 Å². The van der Waals surface area contributed by atoms with E-state index in [0.717, 1.165) is 10.5 Å². The second-order valence-corrected chi connectivity index (χ2v) is 5.92. The van der Waals surface area contributed by atoms with Crippen molar-refractivity contribution in [1.82, 2.24) is 10.1 Å². The average molecular weight is 345 g/mol. The van der Waals surface area contributed by atoms with Crippen molar-refractivity contribution < 1.29 is 23.3 Å². The Labute approximate surface area is 142 Å². The third-order valence-electron chi connectivity index (χ3n) is 3.93. The molecule has 3 rings (SSSR count). The fourth-order valence-electron chi connectivity index (χ4n) is 2.73. The van der Waals surface area contributed by atoms with Gasteiger partial charge in [0.25, 0.3) is 0 Å². The lowest BCUT2D eigenvalue weighted by atomic mass is 9.98. The van der Waals surface area contributed by atoms with Gasteiger partial charge in [-0.15, -0.1) is 0 Å². The molecule has 1 saturated heterocycles. The maximum Gasteiger partial charge on any atom is 0.245 e. The number of likely N-dealkylation sites (tertiary alicyclic amines) is 1. The van der Waals surface area contributed by atoms with Crippen LogP contribution in [-0.4, -0.2) is 34.3 Å². The van der Waals surface area contributed by atoms with Gasteiger partial charge in [0.05, 0.1) is 5.92 Å². The van der Waals surface area contributed by atoms with Crippen LogP contribution in [0.2, 0.25) is 0 Å². The fraction of sp³-hybridized carbons (Fsp3) is 0.294. The number of amides is 3. The van der Waals surface area contributed by atoms with E-state index in [1.165, 1.54) is 18.2 Å². The Hall–Kier alpha value is -3.03.